The molecule has 8 heteroatoms. The summed E-state index contributed by atoms with van der Waals surface area (Å²) >= 11 is 2.93. The van der Waals surface area contributed by atoms with Gasteiger partial charge in [0.05, 0.1) is 6.04 Å². The molecule has 0 aliphatic carbocycles. The molecule has 0 saturated carbocycles. The summed E-state index contributed by atoms with van der Waals surface area (Å²) in [6.45, 7) is 2.65. The molecule has 1 aliphatic heterocycles. The fourth-order valence-electron chi connectivity index (χ4n) is 1.85. The Hall–Kier alpha value is -0.470. The molecule has 0 spiro atoms. The van der Waals surface area contributed by atoms with Crippen molar-refractivity contribution in [3.63, 3.8) is 0 Å². The molecule has 6 nitrogen and oxygen atoms in total. The average molecular weight is 309 g/mol. The number of hydrogen-bond donors (Lipinski definition) is 1. The minimum Gasteiger partial charge on any atom is -0.314 e. The number of hydrogen-bond acceptors (Lipinski definition) is 4. The predicted octanol–water partition coefficient (Wildman–Crippen LogP) is 0.557. The molecule has 0 bridgehead atoms. The maximum Gasteiger partial charge on any atom is 0.222 e. The zero-order chi connectivity index (χ0) is 11.8. The Kier molecular flexibility index (Phi) is 3.32. The molecule has 0 fully saturated rings. The molecule has 1 aromatic heterocycles. The second kappa shape index (κ2) is 4.42. The van der Waals surface area contributed by atoms with E-state index in [1.807, 2.05) is 4.57 Å². The van der Waals surface area contributed by atoms with Gasteiger partial charge in [0.1, 0.15) is 10.5 Å². The third-order valence-corrected chi connectivity index (χ3v) is 5.33. The lowest BCUT2D eigenvalue weighted by Crippen LogP contribution is -2.29. The SMILES string of the molecule is CC(NS(=O)(=O)CBr)c1nnc2n1CCC2. The highest BCUT2D eigenvalue weighted by Gasteiger charge is 2.23. The van der Waals surface area contributed by atoms with Crippen molar-refractivity contribution in [3.8, 4) is 0 Å². The molecular formula is C8H13BrN4O2S. The number of rotatable bonds is 4. The third-order valence-electron chi connectivity index (χ3n) is 2.53. The molecule has 1 N–H and O–H groups in total. The van der Waals surface area contributed by atoms with Gasteiger partial charge >= 0.3 is 0 Å². The lowest BCUT2D eigenvalue weighted by Gasteiger charge is -2.12. The summed E-state index contributed by atoms with van der Waals surface area (Å²) in [6.07, 6.45) is 1.97. The van der Waals surface area contributed by atoms with E-state index in [9.17, 15) is 8.42 Å². The van der Waals surface area contributed by atoms with Crippen LogP contribution in [-0.4, -0.2) is 27.8 Å². The van der Waals surface area contributed by atoms with Gasteiger partial charge in [-0.05, 0) is 13.3 Å². The minimum atomic E-state index is -3.28. The van der Waals surface area contributed by atoms with Crippen LogP contribution in [0.1, 0.15) is 31.0 Å². The zero-order valence-electron chi connectivity index (χ0n) is 8.85. The van der Waals surface area contributed by atoms with Gasteiger partial charge in [-0.3, -0.25) is 0 Å². The average Bonchev–Trinajstić information content (AvgIpc) is 2.77. The summed E-state index contributed by atoms with van der Waals surface area (Å²) in [5.41, 5.74) is 0. The highest BCUT2D eigenvalue weighted by atomic mass is 79.9. The summed E-state index contributed by atoms with van der Waals surface area (Å²) < 4.78 is 27.2. The van der Waals surface area contributed by atoms with Gasteiger partial charge in [0.25, 0.3) is 0 Å². The maximum absolute atomic E-state index is 11.4. The van der Waals surface area contributed by atoms with Crippen molar-refractivity contribution in [1.82, 2.24) is 19.5 Å². The van der Waals surface area contributed by atoms with Crippen LogP contribution in [0.15, 0.2) is 0 Å². The van der Waals surface area contributed by atoms with Gasteiger partial charge in [-0.15, -0.1) is 10.2 Å². The van der Waals surface area contributed by atoms with E-state index >= 15 is 0 Å². The van der Waals surface area contributed by atoms with Crippen LogP contribution < -0.4 is 4.72 Å². The van der Waals surface area contributed by atoms with E-state index in [2.05, 4.69) is 30.8 Å². The molecule has 0 radical (unpaired) electrons. The Bertz CT molecular complexity index is 484. The number of nitrogens with one attached hydrogen (secondary N) is 1. The molecule has 0 aromatic carbocycles. The summed E-state index contributed by atoms with van der Waals surface area (Å²) in [5, 5.41) is 8.07. The summed E-state index contributed by atoms with van der Waals surface area (Å²) in [4.78, 5) is 0. The topological polar surface area (TPSA) is 76.9 Å². The monoisotopic (exact) mass is 308 g/mol. The van der Waals surface area contributed by atoms with Gasteiger partial charge in [-0.2, -0.15) is 0 Å². The first-order chi connectivity index (χ1) is 7.53. The third kappa shape index (κ3) is 2.28. The molecule has 0 saturated heterocycles. The largest absolute Gasteiger partial charge is 0.314 e. The van der Waals surface area contributed by atoms with Crippen LogP contribution >= 0.6 is 15.9 Å². The number of aryl methyl sites for hydroxylation is 1. The summed E-state index contributed by atoms with van der Waals surface area (Å²) in [5.74, 6) is 1.64. The summed E-state index contributed by atoms with van der Waals surface area (Å²) in [7, 11) is -3.28. The second-order valence-corrected chi connectivity index (χ2v) is 6.85. The molecular weight excluding hydrogens is 296 g/mol. The second-order valence-electron chi connectivity index (χ2n) is 3.79. The number of halogens is 1. The van der Waals surface area contributed by atoms with E-state index in [-0.39, 0.29) is 10.7 Å². The van der Waals surface area contributed by atoms with Crippen molar-refractivity contribution < 1.29 is 8.42 Å². The van der Waals surface area contributed by atoms with Crippen LogP contribution in [0.25, 0.3) is 0 Å². The molecule has 0 amide bonds. The van der Waals surface area contributed by atoms with Crippen LogP contribution in [0.4, 0.5) is 0 Å². The van der Waals surface area contributed by atoms with E-state index < -0.39 is 10.0 Å². The molecule has 2 heterocycles. The first-order valence-electron chi connectivity index (χ1n) is 5.01. The Balaban J connectivity index is 2.19. The van der Waals surface area contributed by atoms with Gasteiger partial charge in [0, 0.05) is 13.0 Å². The molecule has 2 rings (SSSR count). The van der Waals surface area contributed by atoms with E-state index in [1.54, 1.807) is 6.92 Å². The number of nitrogens with zero attached hydrogens (tertiary/aromatic N) is 3. The smallest absolute Gasteiger partial charge is 0.222 e. The van der Waals surface area contributed by atoms with E-state index in [4.69, 9.17) is 0 Å². The number of aromatic nitrogens is 3. The fourth-order valence-corrected chi connectivity index (χ4v) is 2.95. The Morgan fingerprint density at radius 2 is 2.31 bits per heavy atom. The van der Waals surface area contributed by atoms with Gasteiger partial charge in [0.15, 0.2) is 5.82 Å². The van der Waals surface area contributed by atoms with Gasteiger partial charge in [-0.25, -0.2) is 13.1 Å². The number of fused-ring (bicyclic) bond motifs is 1. The lowest BCUT2D eigenvalue weighted by molar-refractivity contribution is 0.550. The molecule has 1 aromatic rings. The van der Waals surface area contributed by atoms with Gasteiger partial charge < -0.3 is 4.57 Å². The normalized spacial score (nSPS) is 17.4. The lowest BCUT2D eigenvalue weighted by atomic mass is 10.3. The molecule has 1 unspecified atom stereocenters. The highest BCUT2D eigenvalue weighted by molar-refractivity contribution is 9.10. The van der Waals surface area contributed by atoms with Crippen LogP contribution in [0.5, 0.6) is 0 Å². The first-order valence-corrected chi connectivity index (χ1v) is 7.79. The first kappa shape index (κ1) is 12.0. The van der Waals surface area contributed by atoms with Crippen molar-refractivity contribution in [1.29, 1.82) is 0 Å². The van der Waals surface area contributed by atoms with Crippen LogP contribution in [0.3, 0.4) is 0 Å². The molecule has 1 atom stereocenters. The van der Waals surface area contributed by atoms with E-state index in [0.29, 0.717) is 5.82 Å². The van der Waals surface area contributed by atoms with E-state index in [0.717, 1.165) is 25.2 Å². The van der Waals surface area contributed by atoms with Gasteiger partial charge in [-0.1, -0.05) is 15.9 Å². The molecule has 1 aliphatic rings. The fraction of sp³-hybridized carbons (Fsp3) is 0.750. The van der Waals surface area contributed by atoms with Gasteiger partial charge in [0.2, 0.25) is 10.0 Å². The number of sulfonamides is 1. The van der Waals surface area contributed by atoms with Crippen molar-refractivity contribution in [2.45, 2.75) is 32.4 Å². The number of alkyl halides is 1. The maximum atomic E-state index is 11.4. The predicted molar refractivity (Wildman–Crippen MR) is 62.6 cm³/mol. The Morgan fingerprint density at radius 3 is 3.00 bits per heavy atom. The van der Waals surface area contributed by atoms with Crippen LogP contribution in [0, 0.1) is 0 Å². The highest BCUT2D eigenvalue weighted by Crippen LogP contribution is 2.19. The minimum absolute atomic E-state index is 0.106. The summed E-state index contributed by atoms with van der Waals surface area (Å²) in [6, 6.07) is -0.345. The Morgan fingerprint density at radius 1 is 1.56 bits per heavy atom. The van der Waals surface area contributed by atoms with E-state index in [1.165, 1.54) is 0 Å². The quantitative estimate of drug-likeness (QED) is 0.824. The zero-order valence-corrected chi connectivity index (χ0v) is 11.3. The van der Waals surface area contributed by atoms with Crippen LogP contribution in [-0.2, 0) is 23.0 Å². The Labute approximate surface area is 103 Å². The standard InChI is InChI=1S/C8H13BrN4O2S/c1-6(12-16(14,15)5-9)8-11-10-7-3-2-4-13(7)8/h6,12H,2-5H2,1H3. The van der Waals surface area contributed by atoms with Crippen molar-refractivity contribution in [2.24, 2.45) is 0 Å². The van der Waals surface area contributed by atoms with Crippen molar-refractivity contribution in [2.75, 3.05) is 4.66 Å². The molecule has 90 valence electrons. The van der Waals surface area contributed by atoms with Crippen LogP contribution in [0.2, 0.25) is 0 Å². The van der Waals surface area contributed by atoms with Crippen molar-refractivity contribution >= 4 is 26.0 Å². The van der Waals surface area contributed by atoms with Crippen molar-refractivity contribution in [3.05, 3.63) is 11.6 Å². The molecule has 16 heavy (non-hydrogen) atoms.